The van der Waals surface area contributed by atoms with E-state index in [0.717, 1.165) is 16.6 Å². The predicted octanol–water partition coefficient (Wildman–Crippen LogP) is 11.3. The molecule has 0 saturated heterocycles. The summed E-state index contributed by atoms with van der Waals surface area (Å²) in [7, 11) is 0. The molecule has 9 rings (SSSR count). The van der Waals surface area contributed by atoms with Crippen molar-refractivity contribution in [2.45, 2.75) is 0 Å². The molecule has 0 unspecified atom stereocenters. The largest absolute Gasteiger partial charge is 0.247 e. The van der Waals surface area contributed by atoms with Crippen LogP contribution in [0.4, 0.5) is 0 Å². The quantitative estimate of drug-likeness (QED) is 0.203. The SMILES string of the molecule is c1ccc2c(c1)-c1ccccc1-c1ccc3ccc(-c4cccc5c4sc4ccccc45)nc3c1-c1ccccc1-2. The molecule has 190 valence electrons. The lowest BCUT2D eigenvalue weighted by Crippen LogP contribution is -1.99. The molecule has 0 saturated carbocycles. The van der Waals surface area contributed by atoms with Crippen molar-refractivity contribution >= 4 is 42.4 Å². The number of aromatic nitrogens is 1. The van der Waals surface area contributed by atoms with Crippen LogP contribution in [0.15, 0.2) is 140 Å². The van der Waals surface area contributed by atoms with Gasteiger partial charge in [-0.1, -0.05) is 127 Å². The number of thiophene rings is 1. The molecule has 0 atom stereocenters. The van der Waals surface area contributed by atoms with Crippen molar-refractivity contribution in [3.05, 3.63) is 140 Å². The third-order valence-corrected chi connectivity index (χ3v) is 9.68. The highest BCUT2D eigenvalue weighted by atomic mass is 32.1. The zero-order valence-electron chi connectivity index (χ0n) is 22.1. The Balaban J connectivity index is 1.39. The van der Waals surface area contributed by atoms with E-state index in [4.69, 9.17) is 4.98 Å². The molecule has 1 aliphatic rings. The molecule has 0 fully saturated rings. The van der Waals surface area contributed by atoms with Gasteiger partial charge in [0.1, 0.15) is 0 Å². The lowest BCUT2D eigenvalue weighted by molar-refractivity contribution is 1.41. The molecule has 6 aromatic carbocycles. The Morgan fingerprint density at radius 3 is 1.66 bits per heavy atom. The summed E-state index contributed by atoms with van der Waals surface area (Å²) in [5, 5.41) is 3.76. The smallest absolute Gasteiger partial charge is 0.0794 e. The van der Waals surface area contributed by atoms with E-state index in [1.54, 1.807) is 0 Å². The first-order valence-electron chi connectivity index (χ1n) is 14.0. The molecule has 0 radical (unpaired) electrons. The second kappa shape index (κ2) is 8.72. The van der Waals surface area contributed by atoms with Gasteiger partial charge in [0.05, 0.1) is 11.2 Å². The minimum Gasteiger partial charge on any atom is -0.247 e. The van der Waals surface area contributed by atoms with Crippen LogP contribution in [-0.2, 0) is 0 Å². The van der Waals surface area contributed by atoms with Crippen LogP contribution in [0.25, 0.3) is 86.8 Å². The summed E-state index contributed by atoms with van der Waals surface area (Å²) in [6, 6.07) is 50.7. The summed E-state index contributed by atoms with van der Waals surface area (Å²) in [6.45, 7) is 0. The van der Waals surface area contributed by atoms with E-state index in [9.17, 15) is 0 Å². The summed E-state index contributed by atoms with van der Waals surface area (Å²) in [5.74, 6) is 0. The van der Waals surface area contributed by atoms with E-state index < -0.39 is 0 Å². The van der Waals surface area contributed by atoms with Crippen molar-refractivity contribution in [2.24, 2.45) is 0 Å². The molecule has 0 N–H and O–H groups in total. The summed E-state index contributed by atoms with van der Waals surface area (Å²) in [5.41, 5.74) is 13.1. The van der Waals surface area contributed by atoms with Crippen molar-refractivity contribution in [3.63, 3.8) is 0 Å². The first-order chi connectivity index (χ1) is 20.3. The lowest BCUT2D eigenvalue weighted by atomic mass is 9.80. The van der Waals surface area contributed by atoms with Crippen molar-refractivity contribution < 1.29 is 0 Å². The minimum atomic E-state index is 1.01. The van der Waals surface area contributed by atoms with Gasteiger partial charge in [-0.2, -0.15) is 0 Å². The van der Waals surface area contributed by atoms with Gasteiger partial charge in [-0.3, -0.25) is 0 Å². The van der Waals surface area contributed by atoms with Crippen LogP contribution in [0, 0.1) is 0 Å². The number of nitrogens with zero attached hydrogens (tertiary/aromatic N) is 1. The van der Waals surface area contributed by atoms with Crippen LogP contribution in [0.3, 0.4) is 0 Å². The van der Waals surface area contributed by atoms with Gasteiger partial charge in [0.15, 0.2) is 0 Å². The van der Waals surface area contributed by atoms with E-state index >= 15 is 0 Å². The molecule has 2 aromatic heterocycles. The highest BCUT2D eigenvalue weighted by molar-refractivity contribution is 7.26. The predicted molar refractivity (Wildman–Crippen MR) is 175 cm³/mol. The number of benzene rings is 6. The third-order valence-electron chi connectivity index (χ3n) is 8.46. The molecule has 1 nitrogen and oxygen atoms in total. The summed E-state index contributed by atoms with van der Waals surface area (Å²) < 4.78 is 2.60. The lowest BCUT2D eigenvalue weighted by Gasteiger charge is -2.24. The zero-order valence-corrected chi connectivity index (χ0v) is 23.0. The maximum Gasteiger partial charge on any atom is 0.0794 e. The van der Waals surface area contributed by atoms with E-state index in [1.165, 1.54) is 70.2 Å². The van der Waals surface area contributed by atoms with Crippen LogP contribution >= 0.6 is 11.3 Å². The van der Waals surface area contributed by atoms with E-state index in [-0.39, 0.29) is 0 Å². The molecule has 0 aliphatic heterocycles. The van der Waals surface area contributed by atoms with Gasteiger partial charge in [-0.15, -0.1) is 11.3 Å². The second-order valence-corrected chi connectivity index (χ2v) is 11.7. The van der Waals surface area contributed by atoms with Gasteiger partial charge in [0.25, 0.3) is 0 Å². The molecule has 0 bridgehead atoms. The topological polar surface area (TPSA) is 12.9 Å². The number of pyridine rings is 1. The monoisotopic (exact) mass is 537 g/mol. The summed E-state index contributed by atoms with van der Waals surface area (Å²) in [4.78, 5) is 5.49. The first kappa shape index (κ1) is 22.7. The highest BCUT2D eigenvalue weighted by Gasteiger charge is 2.24. The average molecular weight is 538 g/mol. The van der Waals surface area contributed by atoms with Gasteiger partial charge < -0.3 is 0 Å². The van der Waals surface area contributed by atoms with Gasteiger partial charge in [0.2, 0.25) is 0 Å². The fraction of sp³-hybridized carbons (Fsp3) is 0. The van der Waals surface area contributed by atoms with Crippen molar-refractivity contribution in [2.75, 3.05) is 0 Å². The fourth-order valence-corrected chi connectivity index (χ4v) is 7.85. The Kier molecular flexibility index (Phi) is 4.84. The Bertz CT molecular complexity index is 2320. The van der Waals surface area contributed by atoms with Crippen LogP contribution in [0.2, 0.25) is 0 Å². The number of hydrogen-bond acceptors (Lipinski definition) is 2. The molecule has 41 heavy (non-hydrogen) atoms. The first-order valence-corrected chi connectivity index (χ1v) is 14.8. The highest BCUT2D eigenvalue weighted by Crippen LogP contribution is 2.49. The normalized spacial score (nSPS) is 11.9. The molecular weight excluding hydrogens is 515 g/mol. The molecule has 8 aromatic rings. The van der Waals surface area contributed by atoms with Crippen LogP contribution < -0.4 is 0 Å². The standard InChI is InChI=1S/C39H23NS/c1-2-11-26-25(10-1)27-12-3-4-14-29(27)32-22-20-24-21-23-35(40-38(24)37(32)31-16-6-5-13-28(26)31)34-18-9-17-33-30-15-7-8-19-36(30)41-39(33)34/h1-23H. The van der Waals surface area contributed by atoms with E-state index in [0.29, 0.717) is 0 Å². The zero-order chi connectivity index (χ0) is 26.9. The molecule has 0 spiro atoms. The third kappa shape index (κ3) is 3.32. The van der Waals surface area contributed by atoms with Crippen LogP contribution in [0.1, 0.15) is 0 Å². The van der Waals surface area contributed by atoms with E-state index in [1.807, 2.05) is 11.3 Å². The fourth-order valence-electron chi connectivity index (χ4n) is 6.63. The molecule has 0 amide bonds. The summed E-state index contributed by atoms with van der Waals surface area (Å²) in [6.07, 6.45) is 0. The average Bonchev–Trinajstić information content (AvgIpc) is 3.42. The van der Waals surface area contributed by atoms with Crippen molar-refractivity contribution in [1.29, 1.82) is 0 Å². The maximum atomic E-state index is 5.49. The van der Waals surface area contributed by atoms with Crippen LogP contribution in [-0.4, -0.2) is 4.98 Å². The number of rotatable bonds is 1. The molecular formula is C39H23NS. The van der Waals surface area contributed by atoms with Gasteiger partial charge in [0, 0.05) is 36.7 Å². The maximum absolute atomic E-state index is 5.49. The number of hydrogen-bond donors (Lipinski definition) is 0. The molecule has 1 aliphatic carbocycles. The van der Waals surface area contributed by atoms with Gasteiger partial charge in [-0.25, -0.2) is 4.98 Å². The van der Waals surface area contributed by atoms with Crippen LogP contribution in [0.5, 0.6) is 0 Å². The van der Waals surface area contributed by atoms with Gasteiger partial charge >= 0.3 is 0 Å². The van der Waals surface area contributed by atoms with Gasteiger partial charge in [-0.05, 0) is 51.1 Å². The Morgan fingerprint density at radius 1 is 0.390 bits per heavy atom. The second-order valence-electron chi connectivity index (χ2n) is 10.7. The van der Waals surface area contributed by atoms with E-state index in [2.05, 4.69) is 140 Å². The Hall–Kier alpha value is -5.05. The molecule has 2 heterocycles. The molecule has 2 heteroatoms. The summed E-state index contributed by atoms with van der Waals surface area (Å²) >= 11 is 1.85. The van der Waals surface area contributed by atoms with Crippen molar-refractivity contribution in [1.82, 2.24) is 4.98 Å². The minimum absolute atomic E-state index is 1.01. The Labute approximate surface area is 242 Å². The Morgan fingerprint density at radius 2 is 0.927 bits per heavy atom. The number of fused-ring (bicyclic) bond motifs is 13. The van der Waals surface area contributed by atoms with Crippen molar-refractivity contribution in [3.8, 4) is 55.8 Å².